The Balaban J connectivity index is 1.40. The molecule has 24 heavy (non-hydrogen) atoms. The first kappa shape index (κ1) is 15.4. The van der Waals surface area contributed by atoms with Gasteiger partial charge in [0.05, 0.1) is 11.6 Å². The van der Waals surface area contributed by atoms with Crippen molar-refractivity contribution in [2.24, 2.45) is 0 Å². The number of likely N-dealkylation sites (tertiary alicyclic amines) is 1. The summed E-state index contributed by atoms with van der Waals surface area (Å²) in [6.45, 7) is 3.68. The molecule has 1 aliphatic heterocycles. The molecule has 0 bridgehead atoms. The van der Waals surface area contributed by atoms with Crippen molar-refractivity contribution in [3.8, 4) is 17.2 Å². The highest BCUT2D eigenvalue weighted by Gasteiger charge is 2.37. The number of rotatable bonds is 3. The van der Waals surface area contributed by atoms with Crippen LogP contribution in [0.2, 0.25) is 0 Å². The highest BCUT2D eigenvalue weighted by Crippen LogP contribution is 2.42. The van der Waals surface area contributed by atoms with Gasteiger partial charge in [-0.2, -0.15) is 5.26 Å². The normalized spacial score (nSPS) is 26.8. The zero-order chi connectivity index (χ0) is 16.5. The van der Waals surface area contributed by atoms with Crippen molar-refractivity contribution in [1.29, 1.82) is 5.26 Å². The van der Waals surface area contributed by atoms with Crippen molar-refractivity contribution >= 4 is 0 Å². The van der Waals surface area contributed by atoms with Crippen molar-refractivity contribution in [3.63, 3.8) is 0 Å². The average Bonchev–Trinajstić information content (AvgIpc) is 3.00. The zero-order valence-electron chi connectivity index (χ0n) is 14.3. The van der Waals surface area contributed by atoms with E-state index in [9.17, 15) is 0 Å². The molecule has 1 heterocycles. The fraction of sp³-hybridized carbons (Fsp3) is 0.409. The lowest BCUT2D eigenvalue weighted by molar-refractivity contribution is 0.103. The summed E-state index contributed by atoms with van der Waals surface area (Å²) >= 11 is 0. The van der Waals surface area contributed by atoms with E-state index >= 15 is 0 Å². The van der Waals surface area contributed by atoms with Crippen LogP contribution in [0.15, 0.2) is 48.5 Å². The van der Waals surface area contributed by atoms with Gasteiger partial charge in [-0.05, 0) is 73.9 Å². The van der Waals surface area contributed by atoms with Gasteiger partial charge in [-0.3, -0.25) is 4.90 Å². The lowest BCUT2D eigenvalue weighted by atomic mass is 9.74. The summed E-state index contributed by atoms with van der Waals surface area (Å²) in [4.78, 5) is 2.72. The van der Waals surface area contributed by atoms with E-state index in [1.807, 2.05) is 24.3 Å². The molecular weight excluding hydrogens is 292 g/mol. The number of nitrogens with zero attached hydrogens (tertiary/aromatic N) is 2. The van der Waals surface area contributed by atoms with Crippen LogP contribution in [0.3, 0.4) is 0 Å². The Morgan fingerprint density at radius 1 is 0.958 bits per heavy atom. The van der Waals surface area contributed by atoms with E-state index in [0.29, 0.717) is 5.56 Å². The Labute approximate surface area is 144 Å². The quantitative estimate of drug-likeness (QED) is 0.800. The molecule has 2 aliphatic rings. The van der Waals surface area contributed by atoms with Gasteiger partial charge >= 0.3 is 0 Å². The Hall–Kier alpha value is -2.11. The third-order valence-electron chi connectivity index (χ3n) is 5.92. The van der Waals surface area contributed by atoms with Crippen LogP contribution in [0, 0.1) is 11.3 Å². The molecule has 122 valence electrons. The second kappa shape index (κ2) is 6.42. The first-order chi connectivity index (χ1) is 11.7. The van der Waals surface area contributed by atoms with Crippen LogP contribution in [-0.2, 0) is 0 Å². The molecule has 1 aliphatic carbocycles. The van der Waals surface area contributed by atoms with Crippen LogP contribution in [0.1, 0.15) is 49.7 Å². The third-order valence-corrected chi connectivity index (χ3v) is 5.92. The van der Waals surface area contributed by atoms with E-state index < -0.39 is 0 Å². The van der Waals surface area contributed by atoms with E-state index in [2.05, 4.69) is 42.2 Å². The van der Waals surface area contributed by atoms with E-state index in [-0.39, 0.29) is 0 Å². The summed E-state index contributed by atoms with van der Waals surface area (Å²) in [5.74, 6) is 0.734. The molecule has 4 rings (SSSR count). The second-order valence-electron chi connectivity index (χ2n) is 7.36. The van der Waals surface area contributed by atoms with Gasteiger partial charge in [-0.15, -0.1) is 0 Å². The lowest BCUT2D eigenvalue weighted by Gasteiger charge is -2.43. The summed E-state index contributed by atoms with van der Waals surface area (Å²) in [5, 5.41) is 8.89. The monoisotopic (exact) mass is 316 g/mol. The predicted molar refractivity (Wildman–Crippen MR) is 97.8 cm³/mol. The minimum atomic E-state index is 0.715. The third kappa shape index (κ3) is 2.85. The molecule has 0 amide bonds. The molecule has 2 heteroatoms. The molecule has 1 atom stereocenters. The van der Waals surface area contributed by atoms with Gasteiger partial charge in [0.15, 0.2) is 0 Å². The van der Waals surface area contributed by atoms with E-state index in [1.165, 1.54) is 48.9 Å². The van der Waals surface area contributed by atoms with Gasteiger partial charge in [0, 0.05) is 12.1 Å². The lowest BCUT2D eigenvalue weighted by Crippen LogP contribution is -2.45. The number of hydrogen-bond donors (Lipinski definition) is 0. The number of hydrogen-bond acceptors (Lipinski definition) is 2. The SMILES string of the molecule is CC1CCCN1[C@H]1C[C@H](c2ccc(-c3ccc(C#N)cc3)cc2)C1. The maximum absolute atomic E-state index is 8.89. The molecule has 1 unspecified atom stereocenters. The molecular formula is C22H24N2. The molecule has 2 aromatic carbocycles. The summed E-state index contributed by atoms with van der Waals surface area (Å²) in [7, 11) is 0. The molecule has 2 aromatic rings. The average molecular weight is 316 g/mol. The molecule has 1 saturated carbocycles. The Morgan fingerprint density at radius 3 is 2.12 bits per heavy atom. The molecule has 1 saturated heterocycles. The largest absolute Gasteiger partial charge is 0.298 e. The molecule has 2 fully saturated rings. The van der Waals surface area contributed by atoms with Crippen molar-refractivity contribution in [3.05, 3.63) is 59.7 Å². The molecule has 2 nitrogen and oxygen atoms in total. The smallest absolute Gasteiger partial charge is 0.0991 e. The fourth-order valence-corrected chi connectivity index (χ4v) is 4.31. The Kier molecular flexibility index (Phi) is 4.12. The summed E-state index contributed by atoms with van der Waals surface area (Å²) in [6.07, 6.45) is 5.39. The van der Waals surface area contributed by atoms with Gasteiger partial charge in [0.2, 0.25) is 0 Å². The topological polar surface area (TPSA) is 27.0 Å². The van der Waals surface area contributed by atoms with Crippen LogP contribution in [-0.4, -0.2) is 23.5 Å². The van der Waals surface area contributed by atoms with Gasteiger partial charge in [-0.25, -0.2) is 0 Å². The minimum Gasteiger partial charge on any atom is -0.298 e. The Morgan fingerprint density at radius 2 is 1.58 bits per heavy atom. The van der Waals surface area contributed by atoms with Crippen molar-refractivity contribution in [2.75, 3.05) is 6.54 Å². The minimum absolute atomic E-state index is 0.715. The van der Waals surface area contributed by atoms with Gasteiger partial charge < -0.3 is 0 Å². The highest BCUT2D eigenvalue weighted by molar-refractivity contribution is 5.64. The number of nitriles is 1. The second-order valence-corrected chi connectivity index (χ2v) is 7.36. The molecule has 0 spiro atoms. The summed E-state index contributed by atoms with van der Waals surface area (Å²) < 4.78 is 0. The van der Waals surface area contributed by atoms with Crippen LogP contribution < -0.4 is 0 Å². The molecule has 0 N–H and O–H groups in total. The zero-order valence-corrected chi connectivity index (χ0v) is 14.3. The highest BCUT2D eigenvalue weighted by atomic mass is 15.2. The number of benzene rings is 2. The Bertz CT molecular complexity index is 733. The molecule has 0 radical (unpaired) electrons. The summed E-state index contributed by atoms with van der Waals surface area (Å²) in [6, 6.07) is 20.6. The molecule has 0 aromatic heterocycles. The standard InChI is InChI=1S/C22H24N2/c1-16-3-2-12-24(16)22-13-21(14-22)20-10-8-19(9-11-20)18-6-4-17(15-23)5-7-18/h4-11,16,21-22H,2-3,12-14H2,1H3/t16?,21-,22-. The van der Waals surface area contributed by atoms with Crippen molar-refractivity contribution in [2.45, 2.75) is 50.6 Å². The predicted octanol–water partition coefficient (Wildman–Crippen LogP) is 4.96. The maximum Gasteiger partial charge on any atom is 0.0991 e. The first-order valence-electron chi connectivity index (χ1n) is 9.11. The van der Waals surface area contributed by atoms with Crippen LogP contribution in [0.5, 0.6) is 0 Å². The van der Waals surface area contributed by atoms with E-state index in [0.717, 1.165) is 18.0 Å². The van der Waals surface area contributed by atoms with Crippen LogP contribution >= 0.6 is 0 Å². The first-order valence-corrected chi connectivity index (χ1v) is 9.11. The van der Waals surface area contributed by atoms with E-state index in [1.54, 1.807) is 0 Å². The van der Waals surface area contributed by atoms with Crippen LogP contribution in [0.4, 0.5) is 0 Å². The van der Waals surface area contributed by atoms with Crippen LogP contribution in [0.25, 0.3) is 11.1 Å². The summed E-state index contributed by atoms with van der Waals surface area (Å²) in [5.41, 5.74) is 4.60. The van der Waals surface area contributed by atoms with Crippen molar-refractivity contribution < 1.29 is 0 Å². The maximum atomic E-state index is 8.89. The fourth-order valence-electron chi connectivity index (χ4n) is 4.31. The van der Waals surface area contributed by atoms with Gasteiger partial charge in [-0.1, -0.05) is 36.4 Å². The van der Waals surface area contributed by atoms with Gasteiger partial charge in [0.25, 0.3) is 0 Å². The van der Waals surface area contributed by atoms with E-state index in [4.69, 9.17) is 5.26 Å². The van der Waals surface area contributed by atoms with Crippen molar-refractivity contribution in [1.82, 2.24) is 4.90 Å². The van der Waals surface area contributed by atoms with Gasteiger partial charge in [0.1, 0.15) is 0 Å².